The van der Waals surface area contributed by atoms with E-state index < -0.39 is 0 Å². The average molecular weight is 309 g/mol. The van der Waals surface area contributed by atoms with E-state index in [9.17, 15) is 0 Å². The molecule has 0 aliphatic rings. The van der Waals surface area contributed by atoms with Crippen LogP contribution in [-0.2, 0) is 13.1 Å². The summed E-state index contributed by atoms with van der Waals surface area (Å²) in [7, 11) is 3.72. The molecular weight excluding hydrogens is 290 g/mol. The monoisotopic (exact) mass is 309 g/mol. The van der Waals surface area contributed by atoms with Gasteiger partial charge in [0.1, 0.15) is 5.75 Å². The lowest BCUT2D eigenvalue weighted by molar-refractivity contribution is 0.307. The van der Waals surface area contributed by atoms with Gasteiger partial charge in [-0.25, -0.2) is 0 Å². The molecule has 6 heteroatoms. The van der Waals surface area contributed by atoms with Crippen LogP contribution < -0.4 is 4.74 Å². The van der Waals surface area contributed by atoms with Crippen LogP contribution in [0.4, 0.5) is 0 Å². The number of rotatable bonds is 6. The van der Waals surface area contributed by atoms with Crippen LogP contribution in [0.25, 0.3) is 5.69 Å². The zero-order chi connectivity index (χ0) is 16.1. The van der Waals surface area contributed by atoms with Gasteiger partial charge in [-0.05, 0) is 47.3 Å². The fraction of sp³-hybridized carbons (Fsp3) is 0.235. The summed E-state index contributed by atoms with van der Waals surface area (Å²) in [5.74, 6) is 1.68. The lowest BCUT2D eigenvalue weighted by atomic mass is 10.2. The number of hydrogen-bond donors (Lipinski definition) is 0. The van der Waals surface area contributed by atoms with E-state index in [4.69, 9.17) is 4.74 Å². The summed E-state index contributed by atoms with van der Waals surface area (Å²) >= 11 is 0. The van der Waals surface area contributed by atoms with Crippen molar-refractivity contribution < 1.29 is 4.74 Å². The highest BCUT2D eigenvalue weighted by Gasteiger charge is 2.11. The smallest absolute Gasteiger partial charge is 0.170 e. The first kappa shape index (κ1) is 15.2. The molecule has 0 unspecified atom stereocenters. The first-order chi connectivity index (χ1) is 11.3. The number of nitrogens with zero attached hydrogens (tertiary/aromatic N) is 5. The topological polar surface area (TPSA) is 56.1 Å². The Morgan fingerprint density at radius 2 is 1.74 bits per heavy atom. The van der Waals surface area contributed by atoms with Crippen LogP contribution in [0.15, 0.2) is 54.6 Å². The van der Waals surface area contributed by atoms with Crippen molar-refractivity contribution in [3.8, 4) is 11.4 Å². The van der Waals surface area contributed by atoms with Crippen LogP contribution >= 0.6 is 0 Å². The van der Waals surface area contributed by atoms with Crippen molar-refractivity contribution in [2.24, 2.45) is 0 Å². The molecule has 3 rings (SSSR count). The van der Waals surface area contributed by atoms with Gasteiger partial charge in [-0.2, -0.15) is 4.68 Å². The zero-order valence-corrected chi connectivity index (χ0v) is 13.3. The summed E-state index contributed by atoms with van der Waals surface area (Å²) in [6.45, 7) is 1.47. The molecule has 1 heterocycles. The molecule has 0 saturated heterocycles. The van der Waals surface area contributed by atoms with Crippen molar-refractivity contribution in [3.63, 3.8) is 0 Å². The van der Waals surface area contributed by atoms with Gasteiger partial charge in [-0.15, -0.1) is 5.10 Å². The Morgan fingerprint density at radius 3 is 2.43 bits per heavy atom. The second-order valence-corrected chi connectivity index (χ2v) is 5.36. The first-order valence-corrected chi connectivity index (χ1v) is 7.40. The summed E-state index contributed by atoms with van der Waals surface area (Å²) in [5.41, 5.74) is 2.18. The zero-order valence-electron chi connectivity index (χ0n) is 13.3. The predicted octanol–water partition coefficient (Wildman–Crippen LogP) is 2.30. The minimum absolute atomic E-state index is 0.661. The molecule has 2 aromatic carbocycles. The minimum Gasteiger partial charge on any atom is -0.497 e. The molecule has 0 aliphatic carbocycles. The van der Waals surface area contributed by atoms with Gasteiger partial charge in [0.25, 0.3) is 0 Å². The highest BCUT2D eigenvalue weighted by molar-refractivity contribution is 5.30. The number of hydrogen-bond acceptors (Lipinski definition) is 5. The quantitative estimate of drug-likeness (QED) is 0.699. The molecule has 3 aromatic rings. The third-order valence-corrected chi connectivity index (χ3v) is 3.56. The molecular formula is C17H19N5O. The van der Waals surface area contributed by atoms with E-state index in [1.54, 1.807) is 11.8 Å². The molecule has 0 fully saturated rings. The van der Waals surface area contributed by atoms with Crippen LogP contribution in [0.1, 0.15) is 11.4 Å². The van der Waals surface area contributed by atoms with E-state index >= 15 is 0 Å². The van der Waals surface area contributed by atoms with Crippen molar-refractivity contribution in [2.75, 3.05) is 14.2 Å². The van der Waals surface area contributed by atoms with Crippen LogP contribution in [0.5, 0.6) is 5.75 Å². The third kappa shape index (κ3) is 3.73. The number of tetrazole rings is 1. The molecule has 0 atom stereocenters. The Labute approximate surface area is 135 Å². The Bertz CT molecular complexity index is 739. The summed E-state index contributed by atoms with van der Waals surface area (Å²) in [4.78, 5) is 2.17. The van der Waals surface area contributed by atoms with E-state index in [1.807, 2.05) is 49.5 Å². The van der Waals surface area contributed by atoms with E-state index in [0.29, 0.717) is 6.54 Å². The van der Waals surface area contributed by atoms with Crippen LogP contribution in [0.3, 0.4) is 0 Å². The summed E-state index contributed by atoms with van der Waals surface area (Å²) in [5, 5.41) is 12.0. The molecule has 0 spiro atoms. The van der Waals surface area contributed by atoms with Crippen molar-refractivity contribution in [1.29, 1.82) is 0 Å². The Kier molecular flexibility index (Phi) is 4.63. The van der Waals surface area contributed by atoms with Crippen LogP contribution in [0.2, 0.25) is 0 Å². The maximum absolute atomic E-state index is 5.18. The summed E-state index contributed by atoms with van der Waals surface area (Å²) in [6.07, 6.45) is 0. The second kappa shape index (κ2) is 7.02. The normalized spacial score (nSPS) is 10.9. The molecule has 118 valence electrons. The molecule has 23 heavy (non-hydrogen) atoms. The number of ether oxygens (including phenoxy) is 1. The molecule has 0 aliphatic heterocycles. The van der Waals surface area contributed by atoms with E-state index in [2.05, 4.69) is 32.6 Å². The van der Waals surface area contributed by atoms with E-state index in [0.717, 1.165) is 23.8 Å². The fourth-order valence-electron chi connectivity index (χ4n) is 2.41. The lowest BCUT2D eigenvalue weighted by Gasteiger charge is -2.16. The van der Waals surface area contributed by atoms with Crippen LogP contribution in [-0.4, -0.2) is 39.3 Å². The highest BCUT2D eigenvalue weighted by Crippen LogP contribution is 2.14. The van der Waals surface area contributed by atoms with E-state index in [-0.39, 0.29) is 0 Å². The Hall–Kier alpha value is -2.73. The van der Waals surface area contributed by atoms with Crippen molar-refractivity contribution in [1.82, 2.24) is 25.1 Å². The van der Waals surface area contributed by atoms with Crippen molar-refractivity contribution in [2.45, 2.75) is 13.1 Å². The van der Waals surface area contributed by atoms with Gasteiger partial charge < -0.3 is 4.74 Å². The fourth-order valence-corrected chi connectivity index (χ4v) is 2.41. The summed E-state index contributed by atoms with van der Waals surface area (Å²) in [6, 6.07) is 18.0. The molecule has 0 saturated carbocycles. The first-order valence-electron chi connectivity index (χ1n) is 7.40. The number of methoxy groups -OCH3 is 1. The maximum atomic E-state index is 5.18. The molecule has 0 N–H and O–H groups in total. The van der Waals surface area contributed by atoms with Gasteiger partial charge in [0.15, 0.2) is 5.82 Å². The number of para-hydroxylation sites is 1. The SMILES string of the molecule is COc1ccc(CN(C)Cc2nnnn2-c2ccccc2)cc1. The van der Waals surface area contributed by atoms with Gasteiger partial charge >= 0.3 is 0 Å². The second-order valence-electron chi connectivity index (χ2n) is 5.36. The summed E-state index contributed by atoms with van der Waals surface area (Å²) < 4.78 is 6.95. The standard InChI is InChI=1S/C17H19N5O/c1-21(12-14-8-10-16(23-2)11-9-14)13-17-18-19-20-22(17)15-6-4-3-5-7-15/h3-11H,12-13H2,1-2H3. The molecule has 0 radical (unpaired) electrons. The minimum atomic E-state index is 0.661. The van der Waals surface area contributed by atoms with Crippen molar-refractivity contribution in [3.05, 3.63) is 66.0 Å². The van der Waals surface area contributed by atoms with Crippen molar-refractivity contribution >= 4 is 0 Å². The molecule has 0 bridgehead atoms. The largest absolute Gasteiger partial charge is 0.497 e. The predicted molar refractivity (Wildman–Crippen MR) is 87.3 cm³/mol. The number of aromatic nitrogens is 4. The third-order valence-electron chi connectivity index (χ3n) is 3.56. The Balaban J connectivity index is 1.68. The molecule has 1 aromatic heterocycles. The van der Waals surface area contributed by atoms with Gasteiger partial charge in [-0.3, -0.25) is 4.90 Å². The van der Waals surface area contributed by atoms with Gasteiger partial charge in [-0.1, -0.05) is 30.3 Å². The van der Waals surface area contributed by atoms with Crippen LogP contribution in [0, 0.1) is 0 Å². The number of benzene rings is 2. The maximum Gasteiger partial charge on any atom is 0.170 e. The lowest BCUT2D eigenvalue weighted by Crippen LogP contribution is -2.20. The Morgan fingerprint density at radius 1 is 1.00 bits per heavy atom. The molecule has 6 nitrogen and oxygen atoms in total. The highest BCUT2D eigenvalue weighted by atomic mass is 16.5. The average Bonchev–Trinajstić information content (AvgIpc) is 3.04. The van der Waals surface area contributed by atoms with E-state index in [1.165, 1.54) is 5.56 Å². The van der Waals surface area contributed by atoms with Gasteiger partial charge in [0.05, 0.1) is 19.3 Å². The van der Waals surface area contributed by atoms with Gasteiger partial charge in [0, 0.05) is 6.54 Å². The van der Waals surface area contributed by atoms with Gasteiger partial charge in [0.2, 0.25) is 0 Å². The molecule has 0 amide bonds.